The number of hydrogen-bond donors (Lipinski definition) is 2. The molecule has 1 aliphatic rings. The van der Waals surface area contributed by atoms with Crippen LogP contribution in [0.1, 0.15) is 11.3 Å². The number of benzene rings is 2. The van der Waals surface area contributed by atoms with Crippen molar-refractivity contribution in [3.63, 3.8) is 0 Å². The normalized spacial score (nSPS) is 18.4. The van der Waals surface area contributed by atoms with Crippen molar-refractivity contribution in [3.05, 3.63) is 64.8 Å². The molecular formula is C18H17ClN2O3S. The first-order chi connectivity index (χ1) is 12.0. The van der Waals surface area contributed by atoms with Gasteiger partial charge >= 0.3 is 0 Å². The molecule has 5 nitrogen and oxygen atoms in total. The fourth-order valence-corrected chi connectivity index (χ4v) is 5.13. The number of sulfonamides is 1. The molecule has 0 spiro atoms. The summed E-state index contributed by atoms with van der Waals surface area (Å²) in [5.41, 5.74) is 2.94. The highest BCUT2D eigenvalue weighted by Gasteiger charge is 2.36. The summed E-state index contributed by atoms with van der Waals surface area (Å²) >= 11 is 5.86. The van der Waals surface area contributed by atoms with Gasteiger partial charge in [-0.2, -0.15) is 4.31 Å². The molecule has 2 heterocycles. The van der Waals surface area contributed by atoms with Crippen molar-refractivity contribution in [2.45, 2.75) is 23.9 Å². The van der Waals surface area contributed by atoms with Crippen molar-refractivity contribution in [2.24, 2.45) is 0 Å². The van der Waals surface area contributed by atoms with Crippen LogP contribution in [0, 0.1) is 0 Å². The second kappa shape index (κ2) is 6.14. The summed E-state index contributed by atoms with van der Waals surface area (Å²) in [6.45, 7) is -0.0219. The molecule has 0 fully saturated rings. The van der Waals surface area contributed by atoms with Gasteiger partial charge in [0.15, 0.2) is 0 Å². The minimum atomic E-state index is -3.73. The highest BCUT2D eigenvalue weighted by atomic mass is 35.5. The van der Waals surface area contributed by atoms with E-state index in [1.165, 1.54) is 16.4 Å². The SMILES string of the molecule is O=S(=O)(c1ccc(Cl)cc1)N1Cc2[nH]c3ccccc3c2CC1CO. The minimum absolute atomic E-state index is 0.176. The number of aliphatic hydroxyl groups is 1. The van der Waals surface area contributed by atoms with E-state index in [9.17, 15) is 13.5 Å². The predicted molar refractivity (Wildman–Crippen MR) is 97.1 cm³/mol. The quantitative estimate of drug-likeness (QED) is 0.738. The molecule has 0 saturated heterocycles. The molecule has 0 amide bonds. The lowest BCUT2D eigenvalue weighted by Gasteiger charge is -2.33. The van der Waals surface area contributed by atoms with Crippen LogP contribution in [0.15, 0.2) is 53.4 Å². The summed E-state index contributed by atoms with van der Waals surface area (Å²) in [5, 5.41) is 11.4. The molecule has 25 heavy (non-hydrogen) atoms. The van der Waals surface area contributed by atoms with Gasteiger partial charge in [-0.3, -0.25) is 0 Å². The molecule has 1 unspecified atom stereocenters. The van der Waals surface area contributed by atoms with Crippen LogP contribution in [-0.2, 0) is 23.0 Å². The number of H-pyrrole nitrogens is 1. The van der Waals surface area contributed by atoms with Crippen molar-refractivity contribution in [2.75, 3.05) is 6.61 Å². The third-order valence-corrected chi connectivity index (χ3v) is 6.86. The van der Waals surface area contributed by atoms with E-state index in [1.54, 1.807) is 12.1 Å². The Balaban J connectivity index is 1.78. The molecule has 0 bridgehead atoms. The third kappa shape index (κ3) is 2.75. The van der Waals surface area contributed by atoms with E-state index < -0.39 is 16.1 Å². The van der Waals surface area contributed by atoms with Gasteiger partial charge in [-0.05, 0) is 42.3 Å². The number of para-hydroxylation sites is 1. The van der Waals surface area contributed by atoms with Gasteiger partial charge in [-0.25, -0.2) is 8.42 Å². The van der Waals surface area contributed by atoms with E-state index in [-0.39, 0.29) is 18.0 Å². The van der Waals surface area contributed by atoms with Crippen LogP contribution >= 0.6 is 11.6 Å². The van der Waals surface area contributed by atoms with Gasteiger partial charge in [0.1, 0.15) is 0 Å². The molecule has 1 aliphatic heterocycles. The van der Waals surface area contributed by atoms with Crippen LogP contribution in [0.3, 0.4) is 0 Å². The number of halogens is 1. The van der Waals surface area contributed by atoms with Gasteiger partial charge in [-0.15, -0.1) is 0 Å². The number of nitrogens with one attached hydrogen (secondary N) is 1. The molecule has 1 aromatic heterocycles. The topological polar surface area (TPSA) is 73.4 Å². The maximum absolute atomic E-state index is 13.1. The number of fused-ring (bicyclic) bond motifs is 3. The number of aromatic amines is 1. The Hall–Kier alpha value is -1.86. The second-order valence-corrected chi connectivity index (χ2v) is 8.50. The number of hydrogen-bond acceptors (Lipinski definition) is 3. The van der Waals surface area contributed by atoms with Crippen molar-refractivity contribution in [1.29, 1.82) is 0 Å². The van der Waals surface area contributed by atoms with Crippen LogP contribution in [-0.4, -0.2) is 35.5 Å². The lowest BCUT2D eigenvalue weighted by atomic mass is 9.99. The van der Waals surface area contributed by atoms with Gasteiger partial charge in [0.05, 0.1) is 24.1 Å². The molecule has 2 aromatic carbocycles. The monoisotopic (exact) mass is 376 g/mol. The number of aliphatic hydroxyl groups excluding tert-OH is 1. The molecule has 3 aromatic rings. The summed E-state index contributed by atoms with van der Waals surface area (Å²) in [6.07, 6.45) is 0.475. The molecule has 4 rings (SSSR count). The predicted octanol–water partition coefficient (Wildman–Crippen LogP) is 2.93. The zero-order chi connectivity index (χ0) is 17.6. The number of rotatable bonds is 3. The van der Waals surface area contributed by atoms with E-state index in [0.717, 1.165) is 22.2 Å². The van der Waals surface area contributed by atoms with Crippen LogP contribution in [0.25, 0.3) is 10.9 Å². The Labute approximate surface area is 150 Å². The Bertz CT molecular complexity index is 1030. The lowest BCUT2D eigenvalue weighted by molar-refractivity contribution is 0.173. The first-order valence-electron chi connectivity index (χ1n) is 7.97. The van der Waals surface area contributed by atoms with Crippen LogP contribution in [0.4, 0.5) is 0 Å². The molecule has 2 N–H and O–H groups in total. The van der Waals surface area contributed by atoms with E-state index >= 15 is 0 Å². The van der Waals surface area contributed by atoms with Crippen LogP contribution in [0.5, 0.6) is 0 Å². The highest BCUT2D eigenvalue weighted by Crippen LogP contribution is 2.33. The molecule has 0 radical (unpaired) electrons. The summed E-state index contributed by atoms with van der Waals surface area (Å²) in [5.74, 6) is 0. The van der Waals surface area contributed by atoms with Crippen LogP contribution in [0.2, 0.25) is 5.02 Å². The highest BCUT2D eigenvalue weighted by molar-refractivity contribution is 7.89. The standard InChI is InChI=1S/C18H17ClN2O3S/c19-12-5-7-14(8-6-12)25(23,24)21-10-18-16(9-13(21)11-22)15-3-1-2-4-17(15)20-18/h1-8,13,20,22H,9-11H2. The van der Waals surface area contributed by atoms with E-state index in [4.69, 9.17) is 11.6 Å². The zero-order valence-electron chi connectivity index (χ0n) is 13.3. The first kappa shape index (κ1) is 16.6. The van der Waals surface area contributed by atoms with E-state index in [2.05, 4.69) is 4.98 Å². The summed E-state index contributed by atoms with van der Waals surface area (Å²) in [4.78, 5) is 3.49. The van der Waals surface area contributed by atoms with Crippen LogP contribution < -0.4 is 0 Å². The van der Waals surface area contributed by atoms with Gasteiger partial charge in [0.2, 0.25) is 10.0 Å². The van der Waals surface area contributed by atoms with Crippen molar-refractivity contribution in [3.8, 4) is 0 Å². The summed E-state index contributed by atoms with van der Waals surface area (Å²) in [6, 6.07) is 13.5. The zero-order valence-corrected chi connectivity index (χ0v) is 14.9. The van der Waals surface area contributed by atoms with E-state index in [1.807, 2.05) is 24.3 Å². The average Bonchev–Trinajstić information content (AvgIpc) is 2.98. The van der Waals surface area contributed by atoms with Crippen molar-refractivity contribution >= 4 is 32.5 Å². The lowest BCUT2D eigenvalue weighted by Crippen LogP contribution is -2.46. The van der Waals surface area contributed by atoms with Crippen molar-refractivity contribution < 1.29 is 13.5 Å². The van der Waals surface area contributed by atoms with Gasteiger partial charge in [0.25, 0.3) is 0 Å². The maximum atomic E-state index is 13.1. The Morgan fingerprint density at radius 2 is 1.88 bits per heavy atom. The first-order valence-corrected chi connectivity index (χ1v) is 9.79. The average molecular weight is 377 g/mol. The molecule has 7 heteroatoms. The molecule has 1 atom stereocenters. The smallest absolute Gasteiger partial charge is 0.243 e. The fourth-order valence-electron chi connectivity index (χ4n) is 3.43. The van der Waals surface area contributed by atoms with Gasteiger partial charge in [0, 0.05) is 21.6 Å². The largest absolute Gasteiger partial charge is 0.395 e. The number of nitrogens with zero attached hydrogens (tertiary/aromatic N) is 1. The Morgan fingerprint density at radius 1 is 1.16 bits per heavy atom. The van der Waals surface area contributed by atoms with E-state index in [0.29, 0.717) is 11.4 Å². The second-order valence-electron chi connectivity index (χ2n) is 6.17. The summed E-state index contributed by atoms with van der Waals surface area (Å²) < 4.78 is 27.5. The Morgan fingerprint density at radius 3 is 2.60 bits per heavy atom. The third-order valence-electron chi connectivity index (χ3n) is 4.69. The van der Waals surface area contributed by atoms with Crippen molar-refractivity contribution in [1.82, 2.24) is 9.29 Å². The minimum Gasteiger partial charge on any atom is -0.395 e. The molecule has 130 valence electrons. The molecular weight excluding hydrogens is 360 g/mol. The number of aromatic nitrogens is 1. The Kier molecular flexibility index (Phi) is 4.08. The molecule has 0 aliphatic carbocycles. The molecule has 0 saturated carbocycles. The fraction of sp³-hybridized carbons (Fsp3) is 0.222. The van der Waals surface area contributed by atoms with Gasteiger partial charge < -0.3 is 10.1 Å². The van der Waals surface area contributed by atoms with Gasteiger partial charge in [-0.1, -0.05) is 29.8 Å². The maximum Gasteiger partial charge on any atom is 0.243 e. The summed E-state index contributed by atoms with van der Waals surface area (Å²) in [7, 11) is -3.73.